The topological polar surface area (TPSA) is 76.7 Å². The van der Waals surface area contributed by atoms with E-state index in [1.807, 2.05) is 49.9 Å². The summed E-state index contributed by atoms with van der Waals surface area (Å²) >= 11 is 1.92. The van der Waals surface area contributed by atoms with Crippen molar-refractivity contribution in [2.75, 3.05) is 7.11 Å². The monoisotopic (exact) mass is 480 g/mol. The largest absolute Gasteiger partial charge is 0.497 e. The minimum Gasteiger partial charge on any atom is -0.497 e. The molecule has 0 aromatic heterocycles. The van der Waals surface area contributed by atoms with Crippen molar-refractivity contribution in [3.05, 3.63) is 65.2 Å². The van der Waals surface area contributed by atoms with Crippen molar-refractivity contribution in [2.24, 2.45) is 0 Å². The van der Waals surface area contributed by atoms with Crippen molar-refractivity contribution in [3.63, 3.8) is 0 Å². The summed E-state index contributed by atoms with van der Waals surface area (Å²) in [6.07, 6.45) is 6.17. The maximum Gasteiger partial charge on any atom is 0.338 e. The summed E-state index contributed by atoms with van der Waals surface area (Å²) in [5.74, 6) is 0.234. The minimum absolute atomic E-state index is 0.287. The third-order valence-electron chi connectivity index (χ3n) is 6.08. The van der Waals surface area contributed by atoms with Gasteiger partial charge in [0.2, 0.25) is 0 Å². The van der Waals surface area contributed by atoms with Gasteiger partial charge in [0, 0.05) is 10.1 Å². The highest BCUT2D eigenvalue weighted by Crippen LogP contribution is 2.36. The number of hydrogen-bond acceptors (Lipinski definition) is 5. The second kappa shape index (κ2) is 11.0. The Hall–Kier alpha value is -2.93. The number of urea groups is 1. The first kappa shape index (κ1) is 24.2. The molecule has 2 amide bonds. The number of thioether (sulfide) groups is 1. The number of methoxy groups -OCH3 is 1. The van der Waals surface area contributed by atoms with E-state index in [9.17, 15) is 9.59 Å². The van der Waals surface area contributed by atoms with Gasteiger partial charge in [-0.3, -0.25) is 0 Å². The Morgan fingerprint density at radius 3 is 2.29 bits per heavy atom. The predicted molar refractivity (Wildman–Crippen MR) is 135 cm³/mol. The average Bonchev–Trinajstić information content (AvgIpc) is 2.84. The van der Waals surface area contributed by atoms with Gasteiger partial charge in [0.05, 0.1) is 30.5 Å². The van der Waals surface area contributed by atoms with Crippen molar-refractivity contribution in [3.8, 4) is 5.75 Å². The summed E-state index contributed by atoms with van der Waals surface area (Å²) in [7, 11) is 1.60. The van der Waals surface area contributed by atoms with Gasteiger partial charge < -0.3 is 20.1 Å². The first-order valence-electron chi connectivity index (χ1n) is 11.9. The Morgan fingerprint density at radius 1 is 1.00 bits per heavy atom. The lowest BCUT2D eigenvalue weighted by Crippen LogP contribution is -2.45. The molecule has 6 nitrogen and oxygen atoms in total. The van der Waals surface area contributed by atoms with Crippen LogP contribution in [0.4, 0.5) is 4.79 Å². The van der Waals surface area contributed by atoms with Crippen LogP contribution in [-0.2, 0) is 9.53 Å². The van der Waals surface area contributed by atoms with E-state index < -0.39 is 12.0 Å². The molecule has 4 rings (SSSR count). The molecule has 1 saturated carbocycles. The normalized spacial score (nSPS) is 18.9. The first-order valence-corrected chi connectivity index (χ1v) is 12.8. The Balaban J connectivity index is 1.68. The molecular formula is C27H32N2O4S. The van der Waals surface area contributed by atoms with Crippen LogP contribution in [0.1, 0.15) is 63.1 Å². The van der Waals surface area contributed by atoms with Gasteiger partial charge in [0.25, 0.3) is 0 Å². The lowest BCUT2D eigenvalue weighted by Gasteiger charge is -2.30. The summed E-state index contributed by atoms with van der Waals surface area (Å²) in [5.41, 5.74) is 2.37. The molecule has 7 heteroatoms. The van der Waals surface area contributed by atoms with Crippen LogP contribution in [0.25, 0.3) is 5.70 Å². The zero-order valence-corrected chi connectivity index (χ0v) is 20.7. The van der Waals surface area contributed by atoms with Crippen molar-refractivity contribution in [1.82, 2.24) is 10.6 Å². The molecule has 1 aliphatic heterocycles. The van der Waals surface area contributed by atoms with Gasteiger partial charge in [-0.25, -0.2) is 9.59 Å². The Labute approximate surface area is 205 Å². The molecule has 34 heavy (non-hydrogen) atoms. The van der Waals surface area contributed by atoms with E-state index in [1.165, 1.54) is 37.0 Å². The fourth-order valence-corrected chi connectivity index (χ4v) is 5.66. The minimum atomic E-state index is -0.620. The van der Waals surface area contributed by atoms with Crippen LogP contribution in [0, 0.1) is 0 Å². The maximum absolute atomic E-state index is 13.2. The van der Waals surface area contributed by atoms with E-state index >= 15 is 0 Å². The Bertz CT molecular complexity index is 1040. The summed E-state index contributed by atoms with van der Waals surface area (Å²) in [6, 6.07) is 14.4. The highest BCUT2D eigenvalue weighted by atomic mass is 32.2. The molecule has 2 aromatic carbocycles. The lowest BCUT2D eigenvalue weighted by atomic mass is 9.92. The van der Waals surface area contributed by atoms with Crippen LogP contribution >= 0.6 is 11.8 Å². The molecule has 0 bridgehead atoms. The fourth-order valence-electron chi connectivity index (χ4n) is 4.41. The van der Waals surface area contributed by atoms with Gasteiger partial charge in [-0.2, -0.15) is 0 Å². The number of ether oxygens (including phenoxy) is 2. The van der Waals surface area contributed by atoms with E-state index in [2.05, 4.69) is 22.8 Å². The zero-order valence-electron chi connectivity index (χ0n) is 19.9. The number of esters is 1. The number of nitrogens with one attached hydrogen (secondary N) is 2. The third kappa shape index (κ3) is 5.76. The molecule has 2 aliphatic rings. The predicted octanol–water partition coefficient (Wildman–Crippen LogP) is 5.84. The van der Waals surface area contributed by atoms with Gasteiger partial charge in [-0.05, 0) is 74.2 Å². The van der Waals surface area contributed by atoms with Gasteiger partial charge in [0.15, 0.2) is 0 Å². The molecule has 1 fully saturated rings. The third-order valence-corrected chi connectivity index (χ3v) is 7.43. The van der Waals surface area contributed by atoms with Gasteiger partial charge in [-0.1, -0.05) is 31.4 Å². The van der Waals surface area contributed by atoms with E-state index in [1.54, 1.807) is 19.2 Å². The molecule has 1 heterocycles. The summed E-state index contributed by atoms with van der Waals surface area (Å²) in [5, 5.41) is 6.41. The lowest BCUT2D eigenvalue weighted by molar-refractivity contribution is -0.143. The quantitative estimate of drug-likeness (QED) is 0.487. The summed E-state index contributed by atoms with van der Waals surface area (Å²) in [6.45, 7) is 3.62. The molecular weight excluding hydrogens is 448 g/mol. The van der Waals surface area contributed by atoms with Crippen LogP contribution in [0.3, 0.4) is 0 Å². The second-order valence-electron chi connectivity index (χ2n) is 8.95. The number of hydrogen-bond donors (Lipinski definition) is 2. The highest BCUT2D eigenvalue weighted by molar-refractivity contribution is 8.00. The fraction of sp³-hybridized carbons (Fsp3) is 0.407. The van der Waals surface area contributed by atoms with Crippen LogP contribution < -0.4 is 15.4 Å². The molecule has 0 saturated heterocycles. The van der Waals surface area contributed by atoms with E-state index in [0.717, 1.165) is 5.56 Å². The van der Waals surface area contributed by atoms with Crippen molar-refractivity contribution < 1.29 is 19.1 Å². The SMILES string of the molecule is COc1ccc(C2=C(C(=O)OC(C)C)C(c3ccc(SC4CCCCC4)cc3)NC(=O)N2)cc1. The zero-order chi connectivity index (χ0) is 24.1. The molecule has 1 aliphatic carbocycles. The van der Waals surface area contributed by atoms with Crippen molar-refractivity contribution in [2.45, 2.75) is 68.2 Å². The second-order valence-corrected chi connectivity index (χ2v) is 10.3. The standard InChI is InChI=1S/C27H32N2O4S/c1-17(2)33-26(30)23-24(18-9-13-20(32-3)14-10-18)28-27(31)29-25(23)19-11-15-22(16-12-19)34-21-7-5-4-6-8-21/h9-17,21,25H,4-8H2,1-3H3,(H2,28,29,31). The van der Waals surface area contributed by atoms with Crippen LogP contribution in [0.5, 0.6) is 5.75 Å². The number of benzene rings is 2. The number of carbonyl (C=O) groups excluding carboxylic acids is 2. The molecule has 1 atom stereocenters. The van der Waals surface area contributed by atoms with Gasteiger partial charge >= 0.3 is 12.0 Å². The van der Waals surface area contributed by atoms with Crippen LogP contribution in [0.2, 0.25) is 0 Å². The summed E-state index contributed by atoms with van der Waals surface area (Å²) < 4.78 is 10.8. The molecule has 1 unspecified atom stereocenters. The van der Waals surface area contributed by atoms with E-state index in [0.29, 0.717) is 27.8 Å². The van der Waals surface area contributed by atoms with Crippen molar-refractivity contribution in [1.29, 1.82) is 0 Å². The van der Waals surface area contributed by atoms with Crippen LogP contribution in [-0.4, -0.2) is 30.5 Å². The number of rotatable bonds is 7. The molecule has 0 spiro atoms. The molecule has 2 N–H and O–H groups in total. The van der Waals surface area contributed by atoms with E-state index in [4.69, 9.17) is 9.47 Å². The van der Waals surface area contributed by atoms with Crippen molar-refractivity contribution >= 4 is 29.5 Å². The Morgan fingerprint density at radius 2 is 1.68 bits per heavy atom. The maximum atomic E-state index is 13.2. The molecule has 2 aromatic rings. The van der Waals surface area contributed by atoms with Gasteiger partial charge in [-0.15, -0.1) is 11.8 Å². The number of carbonyl (C=O) groups is 2. The number of amides is 2. The highest BCUT2D eigenvalue weighted by Gasteiger charge is 2.35. The molecule has 180 valence electrons. The smallest absolute Gasteiger partial charge is 0.338 e. The first-order chi connectivity index (χ1) is 16.4. The molecule has 0 radical (unpaired) electrons. The Kier molecular flexibility index (Phi) is 7.83. The van der Waals surface area contributed by atoms with Crippen LogP contribution in [0.15, 0.2) is 59.0 Å². The summed E-state index contributed by atoms with van der Waals surface area (Å²) in [4.78, 5) is 27.1. The van der Waals surface area contributed by atoms with Gasteiger partial charge in [0.1, 0.15) is 5.75 Å². The average molecular weight is 481 g/mol. The van der Waals surface area contributed by atoms with E-state index in [-0.39, 0.29) is 12.1 Å².